The van der Waals surface area contributed by atoms with Gasteiger partial charge >= 0.3 is 0 Å². The molecular formula is C12H22BrNO2. The van der Waals surface area contributed by atoms with Crippen molar-refractivity contribution in [1.82, 2.24) is 4.90 Å². The van der Waals surface area contributed by atoms with Crippen molar-refractivity contribution >= 4 is 21.8 Å². The van der Waals surface area contributed by atoms with Gasteiger partial charge in [-0.3, -0.25) is 4.79 Å². The van der Waals surface area contributed by atoms with Crippen molar-refractivity contribution in [1.29, 1.82) is 0 Å². The van der Waals surface area contributed by atoms with Gasteiger partial charge in [0.2, 0.25) is 5.91 Å². The highest BCUT2D eigenvalue weighted by Gasteiger charge is 2.30. The van der Waals surface area contributed by atoms with Crippen LogP contribution < -0.4 is 0 Å². The Morgan fingerprint density at radius 1 is 1.38 bits per heavy atom. The maximum absolute atomic E-state index is 12.0. The van der Waals surface area contributed by atoms with Gasteiger partial charge in [0.15, 0.2) is 0 Å². The van der Waals surface area contributed by atoms with Gasteiger partial charge in [0, 0.05) is 23.8 Å². The molecule has 4 heteroatoms. The number of ether oxygens (including phenoxy) is 1. The molecule has 0 radical (unpaired) electrons. The molecular weight excluding hydrogens is 270 g/mol. The zero-order valence-electron chi connectivity index (χ0n) is 10.5. The molecule has 1 saturated heterocycles. The molecule has 0 aromatic heterocycles. The summed E-state index contributed by atoms with van der Waals surface area (Å²) in [7, 11) is 0. The van der Waals surface area contributed by atoms with Crippen molar-refractivity contribution < 1.29 is 9.53 Å². The van der Waals surface area contributed by atoms with Crippen LogP contribution in [0.1, 0.15) is 33.6 Å². The summed E-state index contributed by atoms with van der Waals surface area (Å²) >= 11 is 3.35. The minimum atomic E-state index is -0.260. The van der Waals surface area contributed by atoms with E-state index in [4.69, 9.17) is 4.74 Å². The van der Waals surface area contributed by atoms with Crippen LogP contribution in [0.25, 0.3) is 0 Å². The number of carbonyl (C=O) groups excluding carboxylic acids is 1. The Labute approximate surface area is 107 Å². The number of piperidine rings is 1. The summed E-state index contributed by atoms with van der Waals surface area (Å²) < 4.78 is 5.66. The monoisotopic (exact) mass is 291 g/mol. The number of amides is 1. The lowest BCUT2D eigenvalue weighted by Crippen LogP contribution is -2.45. The molecule has 3 nitrogen and oxygen atoms in total. The third-order valence-corrected chi connectivity index (χ3v) is 3.13. The van der Waals surface area contributed by atoms with E-state index in [0.29, 0.717) is 6.10 Å². The highest BCUT2D eigenvalue weighted by molar-refractivity contribution is 9.09. The van der Waals surface area contributed by atoms with E-state index >= 15 is 0 Å². The molecule has 0 aromatic rings. The average molecular weight is 292 g/mol. The lowest BCUT2D eigenvalue weighted by Gasteiger charge is -2.35. The van der Waals surface area contributed by atoms with Crippen molar-refractivity contribution in [2.75, 3.05) is 25.0 Å². The van der Waals surface area contributed by atoms with Crippen molar-refractivity contribution in [3.05, 3.63) is 0 Å². The minimum Gasteiger partial charge on any atom is -0.377 e. The number of halogens is 1. The summed E-state index contributed by atoms with van der Waals surface area (Å²) in [5.74, 6) is 0.256. The highest BCUT2D eigenvalue weighted by Crippen LogP contribution is 2.21. The molecule has 16 heavy (non-hydrogen) atoms. The molecule has 0 atom stereocenters. The van der Waals surface area contributed by atoms with Gasteiger partial charge in [-0.1, -0.05) is 36.7 Å². The fourth-order valence-electron chi connectivity index (χ4n) is 1.91. The van der Waals surface area contributed by atoms with Crippen LogP contribution >= 0.6 is 15.9 Å². The quantitative estimate of drug-likeness (QED) is 0.748. The fourth-order valence-corrected chi connectivity index (χ4v) is 2.10. The Balaban J connectivity index is 2.34. The molecule has 1 amide bonds. The Bertz CT molecular complexity index is 230. The van der Waals surface area contributed by atoms with Gasteiger partial charge < -0.3 is 9.64 Å². The maximum Gasteiger partial charge on any atom is 0.227 e. The predicted octanol–water partition coefficient (Wildman–Crippen LogP) is 2.44. The summed E-state index contributed by atoms with van der Waals surface area (Å²) in [4.78, 5) is 14.0. The minimum absolute atomic E-state index is 0.256. The predicted molar refractivity (Wildman–Crippen MR) is 68.8 cm³/mol. The van der Waals surface area contributed by atoms with Crippen molar-refractivity contribution in [2.45, 2.75) is 39.7 Å². The Morgan fingerprint density at radius 2 is 1.94 bits per heavy atom. The number of nitrogens with zero attached hydrogens (tertiary/aromatic N) is 1. The van der Waals surface area contributed by atoms with E-state index in [-0.39, 0.29) is 11.3 Å². The van der Waals surface area contributed by atoms with Crippen LogP contribution in [-0.4, -0.2) is 41.9 Å². The number of hydrogen-bond acceptors (Lipinski definition) is 2. The number of rotatable bonds is 3. The first-order chi connectivity index (χ1) is 7.45. The van der Waals surface area contributed by atoms with Gasteiger partial charge in [-0.2, -0.15) is 0 Å². The van der Waals surface area contributed by atoms with Gasteiger partial charge in [-0.15, -0.1) is 0 Å². The van der Waals surface area contributed by atoms with Gasteiger partial charge in [-0.25, -0.2) is 0 Å². The largest absolute Gasteiger partial charge is 0.377 e. The summed E-state index contributed by atoms with van der Waals surface area (Å²) in [5.41, 5.74) is -0.260. The number of carbonyl (C=O) groups is 1. The van der Waals surface area contributed by atoms with E-state index in [1.807, 2.05) is 25.7 Å². The van der Waals surface area contributed by atoms with Crippen molar-refractivity contribution in [3.8, 4) is 0 Å². The zero-order chi connectivity index (χ0) is 12.2. The normalized spacial score (nSPS) is 18.9. The molecule has 1 aliphatic rings. The van der Waals surface area contributed by atoms with Crippen LogP contribution in [0.15, 0.2) is 0 Å². The first-order valence-electron chi connectivity index (χ1n) is 5.92. The van der Waals surface area contributed by atoms with Gasteiger partial charge in [-0.05, 0) is 12.8 Å². The first kappa shape index (κ1) is 14.0. The molecule has 0 N–H and O–H groups in total. The second kappa shape index (κ2) is 6.01. The SMILES string of the molecule is CC(C)(C)C(=O)N1CCC(OCCBr)CC1. The van der Waals surface area contributed by atoms with Gasteiger partial charge in [0.05, 0.1) is 12.7 Å². The van der Waals surface area contributed by atoms with E-state index in [9.17, 15) is 4.79 Å². The Kier molecular flexibility index (Phi) is 5.25. The lowest BCUT2D eigenvalue weighted by atomic mass is 9.93. The van der Waals surface area contributed by atoms with Crippen molar-refractivity contribution in [2.24, 2.45) is 5.41 Å². The second-order valence-electron chi connectivity index (χ2n) is 5.30. The van der Waals surface area contributed by atoms with Crippen LogP contribution in [0.4, 0.5) is 0 Å². The first-order valence-corrected chi connectivity index (χ1v) is 7.04. The van der Waals surface area contributed by atoms with E-state index < -0.39 is 0 Å². The van der Waals surface area contributed by atoms with E-state index in [1.54, 1.807) is 0 Å². The highest BCUT2D eigenvalue weighted by atomic mass is 79.9. The molecule has 0 aromatic carbocycles. The van der Waals surface area contributed by atoms with Crippen LogP contribution in [0.5, 0.6) is 0 Å². The van der Waals surface area contributed by atoms with Crippen molar-refractivity contribution in [3.63, 3.8) is 0 Å². The van der Waals surface area contributed by atoms with Gasteiger partial charge in [0.25, 0.3) is 0 Å². The van der Waals surface area contributed by atoms with E-state index in [0.717, 1.165) is 37.9 Å². The molecule has 1 heterocycles. The third kappa shape index (κ3) is 4.06. The summed E-state index contributed by atoms with van der Waals surface area (Å²) in [6, 6.07) is 0. The molecule has 1 aliphatic heterocycles. The molecule has 1 rings (SSSR count). The summed E-state index contributed by atoms with van der Waals surface area (Å²) in [5, 5.41) is 0.883. The molecule has 0 saturated carbocycles. The third-order valence-electron chi connectivity index (χ3n) is 2.80. The number of hydrogen-bond donors (Lipinski definition) is 0. The Morgan fingerprint density at radius 3 is 2.38 bits per heavy atom. The second-order valence-corrected chi connectivity index (χ2v) is 6.09. The maximum atomic E-state index is 12.0. The molecule has 94 valence electrons. The molecule has 1 fully saturated rings. The standard InChI is InChI=1S/C12H22BrNO2/c1-12(2,3)11(15)14-7-4-10(5-8-14)16-9-6-13/h10H,4-9H2,1-3H3. The van der Waals surface area contributed by atoms with E-state index in [1.165, 1.54) is 0 Å². The van der Waals surface area contributed by atoms with E-state index in [2.05, 4.69) is 15.9 Å². The fraction of sp³-hybridized carbons (Fsp3) is 0.917. The molecule has 0 bridgehead atoms. The number of alkyl halides is 1. The summed E-state index contributed by atoms with van der Waals surface area (Å²) in [6.45, 7) is 8.36. The topological polar surface area (TPSA) is 29.5 Å². The van der Waals surface area contributed by atoms with Crippen LogP contribution in [0.2, 0.25) is 0 Å². The summed E-state index contributed by atoms with van der Waals surface area (Å²) in [6.07, 6.45) is 2.27. The number of likely N-dealkylation sites (tertiary alicyclic amines) is 1. The van der Waals surface area contributed by atoms with Crippen LogP contribution in [0.3, 0.4) is 0 Å². The molecule has 0 unspecified atom stereocenters. The Hall–Kier alpha value is -0.0900. The lowest BCUT2D eigenvalue weighted by molar-refractivity contribution is -0.142. The molecule has 0 aliphatic carbocycles. The van der Waals surface area contributed by atoms with Gasteiger partial charge in [0.1, 0.15) is 0 Å². The van der Waals surface area contributed by atoms with Crippen LogP contribution in [-0.2, 0) is 9.53 Å². The smallest absolute Gasteiger partial charge is 0.227 e. The molecule has 0 spiro atoms. The zero-order valence-corrected chi connectivity index (χ0v) is 12.0. The average Bonchev–Trinajstić information content (AvgIpc) is 2.25. The van der Waals surface area contributed by atoms with Crippen LogP contribution in [0, 0.1) is 5.41 Å².